The summed E-state index contributed by atoms with van der Waals surface area (Å²) in [5, 5.41) is 4.39. The number of aryl methyl sites for hydroxylation is 2. The van der Waals surface area contributed by atoms with Crippen LogP contribution in [0.1, 0.15) is 17.2 Å². The molecule has 3 aromatic rings. The lowest BCUT2D eigenvalue weighted by atomic mass is 10.3. The lowest BCUT2D eigenvalue weighted by Gasteiger charge is -2.05. The topological polar surface area (TPSA) is 48.5 Å². The van der Waals surface area contributed by atoms with Crippen LogP contribution in [-0.2, 0) is 19.5 Å². The second-order valence-electron chi connectivity index (χ2n) is 4.52. The van der Waals surface area contributed by atoms with E-state index in [1.807, 2.05) is 42.9 Å². The summed E-state index contributed by atoms with van der Waals surface area (Å²) in [5.41, 5.74) is 3.67. The predicted octanol–water partition coefficient (Wildman–Crippen LogP) is 2.26. The van der Waals surface area contributed by atoms with E-state index in [1.54, 1.807) is 4.68 Å². The van der Waals surface area contributed by atoms with Crippen LogP contribution in [0.4, 0.5) is 0 Å². The van der Waals surface area contributed by atoms with E-state index in [9.17, 15) is 0 Å². The number of hydrogen-bond acceptors (Lipinski definition) is 3. The molecule has 0 aromatic carbocycles. The van der Waals surface area contributed by atoms with Crippen molar-refractivity contribution in [2.45, 2.75) is 19.3 Å². The van der Waals surface area contributed by atoms with Gasteiger partial charge in [0.25, 0.3) is 0 Å². The molecule has 0 atom stereocenters. The van der Waals surface area contributed by atoms with Gasteiger partial charge in [-0.25, -0.2) is 9.97 Å². The zero-order valence-corrected chi connectivity index (χ0v) is 11.6. The molecule has 0 aliphatic heterocycles. The number of alkyl halides is 1. The average Bonchev–Trinajstić information content (AvgIpc) is 2.94. The second kappa shape index (κ2) is 4.66. The van der Waals surface area contributed by atoms with Crippen molar-refractivity contribution >= 4 is 22.8 Å². The normalized spacial score (nSPS) is 11.3. The highest BCUT2D eigenvalue weighted by atomic mass is 35.5. The molecular weight excluding hydrogens is 262 g/mol. The quantitative estimate of drug-likeness (QED) is 0.689. The molecule has 0 fully saturated rings. The first-order valence-corrected chi connectivity index (χ1v) is 6.58. The van der Waals surface area contributed by atoms with Crippen molar-refractivity contribution < 1.29 is 0 Å². The summed E-state index contributed by atoms with van der Waals surface area (Å²) >= 11 is 5.98. The van der Waals surface area contributed by atoms with Gasteiger partial charge in [-0.05, 0) is 25.1 Å². The van der Waals surface area contributed by atoms with E-state index in [1.165, 1.54) is 0 Å². The number of nitrogens with zero attached hydrogens (tertiary/aromatic N) is 5. The Bertz CT molecular complexity index is 728. The number of fused-ring (bicyclic) bond motifs is 1. The molecule has 3 heterocycles. The summed E-state index contributed by atoms with van der Waals surface area (Å²) < 4.78 is 3.81. The smallest absolute Gasteiger partial charge is 0.160 e. The second-order valence-corrected chi connectivity index (χ2v) is 4.79. The Labute approximate surface area is 115 Å². The van der Waals surface area contributed by atoms with Crippen LogP contribution in [0.15, 0.2) is 24.4 Å². The maximum Gasteiger partial charge on any atom is 0.160 e. The largest absolute Gasteiger partial charge is 0.306 e. The SMILES string of the molecule is Cc1ccc2nc(CCl)n(Cc3ccn(C)n3)c2n1. The van der Waals surface area contributed by atoms with Gasteiger partial charge in [-0.15, -0.1) is 11.6 Å². The number of pyridine rings is 1. The highest BCUT2D eigenvalue weighted by Gasteiger charge is 2.12. The van der Waals surface area contributed by atoms with E-state index in [2.05, 4.69) is 15.1 Å². The molecule has 6 heteroatoms. The van der Waals surface area contributed by atoms with Crippen molar-refractivity contribution in [3.63, 3.8) is 0 Å². The molecular formula is C13H14ClN5. The average molecular weight is 276 g/mol. The third kappa shape index (κ3) is 2.21. The summed E-state index contributed by atoms with van der Waals surface area (Å²) in [4.78, 5) is 9.06. The summed E-state index contributed by atoms with van der Waals surface area (Å²) in [5.74, 6) is 1.18. The Morgan fingerprint density at radius 2 is 2.05 bits per heavy atom. The van der Waals surface area contributed by atoms with Crippen molar-refractivity contribution in [3.05, 3.63) is 41.6 Å². The van der Waals surface area contributed by atoms with Crippen LogP contribution in [0, 0.1) is 6.92 Å². The minimum atomic E-state index is 0.363. The molecule has 98 valence electrons. The molecule has 0 aliphatic carbocycles. The Morgan fingerprint density at radius 1 is 1.21 bits per heavy atom. The minimum Gasteiger partial charge on any atom is -0.306 e. The van der Waals surface area contributed by atoms with Gasteiger partial charge < -0.3 is 4.57 Å². The number of rotatable bonds is 3. The molecule has 0 saturated heterocycles. The molecule has 0 spiro atoms. The zero-order valence-electron chi connectivity index (χ0n) is 10.8. The maximum absolute atomic E-state index is 5.98. The standard InChI is InChI=1S/C13H14ClN5/c1-9-3-4-11-13(15-9)19(12(7-14)16-11)8-10-5-6-18(2)17-10/h3-6H,7-8H2,1-2H3. The molecule has 0 bridgehead atoms. The molecule has 19 heavy (non-hydrogen) atoms. The Balaban J connectivity index is 2.12. The van der Waals surface area contributed by atoms with Gasteiger partial charge in [0.1, 0.15) is 11.3 Å². The monoisotopic (exact) mass is 275 g/mol. The Kier molecular flexibility index (Phi) is 2.98. The zero-order chi connectivity index (χ0) is 13.4. The van der Waals surface area contributed by atoms with E-state index < -0.39 is 0 Å². The van der Waals surface area contributed by atoms with E-state index in [-0.39, 0.29) is 0 Å². The predicted molar refractivity (Wildman–Crippen MR) is 74.1 cm³/mol. The molecule has 0 unspecified atom stereocenters. The third-order valence-electron chi connectivity index (χ3n) is 3.02. The van der Waals surface area contributed by atoms with Crippen LogP contribution in [0.5, 0.6) is 0 Å². The van der Waals surface area contributed by atoms with Gasteiger partial charge in [-0.2, -0.15) is 5.10 Å². The van der Waals surface area contributed by atoms with Gasteiger partial charge in [-0.3, -0.25) is 4.68 Å². The van der Waals surface area contributed by atoms with Gasteiger partial charge in [0, 0.05) is 18.9 Å². The van der Waals surface area contributed by atoms with Crippen LogP contribution >= 0.6 is 11.6 Å². The van der Waals surface area contributed by atoms with Crippen LogP contribution < -0.4 is 0 Å². The van der Waals surface area contributed by atoms with Crippen molar-refractivity contribution in [3.8, 4) is 0 Å². The van der Waals surface area contributed by atoms with Gasteiger partial charge in [0.05, 0.1) is 18.1 Å². The first-order chi connectivity index (χ1) is 9.17. The number of aromatic nitrogens is 5. The maximum atomic E-state index is 5.98. The highest BCUT2D eigenvalue weighted by molar-refractivity contribution is 6.16. The molecule has 3 aromatic heterocycles. The van der Waals surface area contributed by atoms with Gasteiger partial charge in [0.2, 0.25) is 0 Å². The van der Waals surface area contributed by atoms with Gasteiger partial charge in [0.15, 0.2) is 5.65 Å². The minimum absolute atomic E-state index is 0.363. The summed E-state index contributed by atoms with van der Waals surface area (Å²) in [7, 11) is 1.90. The number of halogens is 1. The van der Waals surface area contributed by atoms with Gasteiger partial charge in [-0.1, -0.05) is 0 Å². The van der Waals surface area contributed by atoms with Crippen LogP contribution in [0.3, 0.4) is 0 Å². The molecule has 0 saturated carbocycles. The van der Waals surface area contributed by atoms with Crippen LogP contribution in [0.25, 0.3) is 11.2 Å². The van der Waals surface area contributed by atoms with Crippen molar-refractivity contribution in [2.75, 3.05) is 0 Å². The van der Waals surface area contributed by atoms with Gasteiger partial charge >= 0.3 is 0 Å². The summed E-state index contributed by atoms with van der Waals surface area (Å²) in [6, 6.07) is 5.92. The van der Waals surface area contributed by atoms with Crippen molar-refractivity contribution in [1.29, 1.82) is 0 Å². The molecule has 5 nitrogen and oxygen atoms in total. The Morgan fingerprint density at radius 3 is 2.74 bits per heavy atom. The lowest BCUT2D eigenvalue weighted by molar-refractivity contribution is 0.698. The van der Waals surface area contributed by atoms with E-state index in [0.717, 1.165) is 28.4 Å². The third-order valence-corrected chi connectivity index (χ3v) is 3.26. The first-order valence-electron chi connectivity index (χ1n) is 6.04. The van der Waals surface area contributed by atoms with Crippen LogP contribution in [-0.4, -0.2) is 24.3 Å². The fourth-order valence-electron chi connectivity index (χ4n) is 2.12. The lowest BCUT2D eigenvalue weighted by Crippen LogP contribution is -2.06. The summed E-state index contributed by atoms with van der Waals surface area (Å²) in [6.07, 6.45) is 1.92. The first kappa shape index (κ1) is 12.2. The van der Waals surface area contributed by atoms with Crippen LogP contribution in [0.2, 0.25) is 0 Å². The molecule has 0 radical (unpaired) electrons. The molecule has 0 amide bonds. The summed E-state index contributed by atoms with van der Waals surface area (Å²) in [6.45, 7) is 2.60. The Hall–Kier alpha value is -1.88. The molecule has 0 aliphatic rings. The fourth-order valence-corrected chi connectivity index (χ4v) is 2.32. The van der Waals surface area contributed by atoms with E-state index in [0.29, 0.717) is 12.4 Å². The van der Waals surface area contributed by atoms with Crippen molar-refractivity contribution in [1.82, 2.24) is 24.3 Å². The molecule has 0 N–H and O–H groups in total. The van der Waals surface area contributed by atoms with E-state index in [4.69, 9.17) is 11.6 Å². The van der Waals surface area contributed by atoms with E-state index >= 15 is 0 Å². The number of hydrogen-bond donors (Lipinski definition) is 0. The number of imidazole rings is 1. The fraction of sp³-hybridized carbons (Fsp3) is 0.308. The molecule has 3 rings (SSSR count). The van der Waals surface area contributed by atoms with Crippen molar-refractivity contribution in [2.24, 2.45) is 7.05 Å². The highest BCUT2D eigenvalue weighted by Crippen LogP contribution is 2.17.